The van der Waals surface area contributed by atoms with E-state index in [0.29, 0.717) is 53.1 Å². The molecule has 14 heteroatoms. The molecule has 2 aliphatic heterocycles. The van der Waals surface area contributed by atoms with E-state index in [-0.39, 0.29) is 23.2 Å². The summed E-state index contributed by atoms with van der Waals surface area (Å²) in [6.45, 7) is 4.75. The van der Waals surface area contributed by atoms with Crippen molar-refractivity contribution >= 4 is 39.6 Å². The third kappa shape index (κ3) is 6.38. The number of aryl methyl sites for hydroxylation is 2. The second-order valence-electron chi connectivity index (χ2n) is 14.6. The van der Waals surface area contributed by atoms with E-state index in [4.69, 9.17) is 18.6 Å². The molecule has 8 rings (SSSR count). The van der Waals surface area contributed by atoms with E-state index in [9.17, 15) is 19.5 Å². The van der Waals surface area contributed by atoms with Gasteiger partial charge < -0.3 is 34.2 Å². The number of likely N-dealkylation sites (tertiary alicyclic amines) is 1. The number of piperidine rings is 2. The predicted octanol–water partition coefficient (Wildman–Crippen LogP) is 4.96. The number of fused-ring (bicyclic) bond motifs is 2. The van der Waals surface area contributed by atoms with E-state index in [1.54, 1.807) is 42.3 Å². The molecule has 5 aromatic rings. The third-order valence-corrected chi connectivity index (χ3v) is 11.3. The van der Waals surface area contributed by atoms with E-state index in [2.05, 4.69) is 26.6 Å². The third-order valence-electron chi connectivity index (χ3n) is 11.3. The number of aliphatic hydroxyl groups excluding tert-OH is 1. The van der Waals surface area contributed by atoms with Crippen LogP contribution in [0.25, 0.3) is 22.1 Å². The van der Waals surface area contributed by atoms with Crippen molar-refractivity contribution < 1.29 is 28.3 Å². The Balaban J connectivity index is 0.878. The molecule has 2 amide bonds. The molecule has 2 aromatic carbocycles. The summed E-state index contributed by atoms with van der Waals surface area (Å²) in [6.07, 6.45) is 7.54. The summed E-state index contributed by atoms with van der Waals surface area (Å²) in [5.74, 6) is 2.09. The number of hydrogen-bond donors (Lipinski definition) is 3. The maximum Gasteiger partial charge on any atom is 0.329 e. The Labute approximate surface area is 300 Å². The van der Waals surface area contributed by atoms with Gasteiger partial charge in [-0.1, -0.05) is 12.1 Å². The Morgan fingerprint density at radius 3 is 2.54 bits per heavy atom. The molecular weight excluding hydrogens is 666 g/mol. The summed E-state index contributed by atoms with van der Waals surface area (Å²) < 4.78 is 20.3. The zero-order valence-electron chi connectivity index (χ0n) is 29.8. The summed E-state index contributed by atoms with van der Waals surface area (Å²) >= 11 is 0. The summed E-state index contributed by atoms with van der Waals surface area (Å²) in [5.41, 5.74) is 4.61. The molecule has 3 aromatic heterocycles. The van der Waals surface area contributed by atoms with Gasteiger partial charge in [-0.05, 0) is 87.9 Å². The van der Waals surface area contributed by atoms with Gasteiger partial charge in [0.25, 0.3) is 5.91 Å². The number of rotatable bonds is 8. The number of anilines is 1. The first-order valence-corrected chi connectivity index (χ1v) is 18.3. The monoisotopic (exact) mass is 711 g/mol. The van der Waals surface area contributed by atoms with E-state index < -0.39 is 18.2 Å². The number of nitrogens with one attached hydrogen (secondary N) is 2. The predicted molar refractivity (Wildman–Crippen MR) is 192 cm³/mol. The van der Waals surface area contributed by atoms with Crippen LogP contribution in [0.5, 0.6) is 5.75 Å². The highest BCUT2D eigenvalue weighted by Gasteiger charge is 2.34. The molecule has 1 saturated carbocycles. The lowest BCUT2D eigenvalue weighted by Gasteiger charge is -2.36. The zero-order valence-corrected chi connectivity index (χ0v) is 29.8. The number of hydrogen-bond acceptors (Lipinski definition) is 10. The van der Waals surface area contributed by atoms with Crippen LogP contribution >= 0.6 is 0 Å². The maximum atomic E-state index is 13.4. The number of imidazole rings is 1. The summed E-state index contributed by atoms with van der Waals surface area (Å²) in [6, 6.07) is 8.98. The van der Waals surface area contributed by atoms with E-state index in [0.717, 1.165) is 75.1 Å². The number of methoxy groups -OCH3 is 1. The van der Waals surface area contributed by atoms with Crippen LogP contribution in [-0.2, 0) is 11.8 Å². The number of para-hydroxylation sites is 1. The minimum absolute atomic E-state index is 0.186. The number of ether oxygens (including phenoxy) is 1. The summed E-state index contributed by atoms with van der Waals surface area (Å²) in [7, 11) is 3.35. The van der Waals surface area contributed by atoms with Gasteiger partial charge in [-0.2, -0.15) is 0 Å². The van der Waals surface area contributed by atoms with Gasteiger partial charge in [0.15, 0.2) is 23.1 Å². The molecule has 52 heavy (non-hydrogen) atoms. The Morgan fingerprint density at radius 2 is 1.83 bits per heavy atom. The SMILES string of the molecule is COc1cc2nc([C@H]3CC[C@H](CN4CCC(c5cccc6c5n(C)c(=O)n6C5CCC(O)NC5=O)CC4)CC3)oc2cc1NC(=O)c1coc(C)n1. The molecular formula is C38H45N7O7. The molecule has 3 fully saturated rings. The van der Waals surface area contributed by atoms with Gasteiger partial charge >= 0.3 is 5.69 Å². The van der Waals surface area contributed by atoms with Gasteiger partial charge in [0.1, 0.15) is 29.8 Å². The molecule has 2 atom stereocenters. The lowest BCUT2D eigenvalue weighted by atomic mass is 9.81. The number of benzene rings is 2. The van der Waals surface area contributed by atoms with Crippen LogP contribution in [0.3, 0.4) is 0 Å². The molecule has 2 unspecified atom stereocenters. The highest BCUT2D eigenvalue weighted by atomic mass is 16.5. The Hall–Kier alpha value is -4.95. The minimum Gasteiger partial charge on any atom is -0.494 e. The number of carbonyl (C=O) groups excluding carboxylic acids is 2. The normalized spacial score (nSPS) is 23.3. The van der Waals surface area contributed by atoms with E-state index >= 15 is 0 Å². The minimum atomic E-state index is -0.863. The van der Waals surface area contributed by atoms with Crippen LogP contribution in [0.4, 0.5) is 5.69 Å². The summed E-state index contributed by atoms with van der Waals surface area (Å²) in [4.78, 5) is 50.4. The fourth-order valence-electron chi connectivity index (χ4n) is 8.58. The fraction of sp³-hybridized carbons (Fsp3) is 0.500. The highest BCUT2D eigenvalue weighted by Crippen LogP contribution is 2.40. The smallest absolute Gasteiger partial charge is 0.329 e. The van der Waals surface area contributed by atoms with Crippen molar-refractivity contribution in [2.45, 2.75) is 82.4 Å². The average Bonchev–Trinajstić information content (AvgIpc) is 3.84. The van der Waals surface area contributed by atoms with Crippen molar-refractivity contribution in [3.8, 4) is 5.75 Å². The van der Waals surface area contributed by atoms with E-state index in [1.165, 1.54) is 11.8 Å². The van der Waals surface area contributed by atoms with Crippen LogP contribution < -0.4 is 21.1 Å². The average molecular weight is 712 g/mol. The first-order chi connectivity index (χ1) is 25.2. The number of aliphatic hydroxyl groups is 1. The number of carbonyl (C=O) groups is 2. The van der Waals surface area contributed by atoms with Gasteiger partial charge in [0.2, 0.25) is 5.91 Å². The van der Waals surface area contributed by atoms with Crippen molar-refractivity contribution in [1.82, 2.24) is 29.3 Å². The molecule has 14 nitrogen and oxygen atoms in total. The lowest BCUT2D eigenvalue weighted by molar-refractivity contribution is -0.130. The standard InChI is InChI=1S/C38H45N7O7/c1-21-39-28(20-51-21)35(47)40-26-18-32-27(17-31(26)50-3)41-37(52-32)24-9-7-22(8-10-24)19-44-15-13-23(14-16-44)25-5-4-6-29-34(25)43(2)38(49)45(29)30-11-12-33(46)42-36(30)48/h4-6,17-18,20,22-24,30,33,46H,7-16,19H2,1-3H3,(H,40,47)(H,42,48)/t22-,24-,30?,33?. The first-order valence-electron chi connectivity index (χ1n) is 18.3. The van der Waals surface area contributed by atoms with E-state index in [1.807, 2.05) is 12.1 Å². The van der Waals surface area contributed by atoms with Crippen LogP contribution in [0.2, 0.25) is 0 Å². The molecule has 5 heterocycles. The number of nitrogens with zero attached hydrogens (tertiary/aromatic N) is 5. The van der Waals surface area contributed by atoms with Crippen molar-refractivity contribution in [3.05, 3.63) is 70.1 Å². The van der Waals surface area contributed by atoms with Gasteiger partial charge in [0.05, 0.1) is 23.8 Å². The quantitative estimate of drug-likeness (QED) is 0.200. The van der Waals surface area contributed by atoms with Gasteiger partial charge in [-0.3, -0.25) is 18.7 Å². The molecule has 3 aliphatic rings. The van der Waals surface area contributed by atoms with Gasteiger partial charge in [0, 0.05) is 38.6 Å². The van der Waals surface area contributed by atoms with Crippen molar-refractivity contribution in [2.75, 3.05) is 32.1 Å². The molecule has 0 bridgehead atoms. The van der Waals surface area contributed by atoms with Gasteiger partial charge in [-0.15, -0.1) is 0 Å². The van der Waals surface area contributed by atoms with Crippen molar-refractivity contribution in [1.29, 1.82) is 0 Å². The van der Waals surface area contributed by atoms with Crippen molar-refractivity contribution in [3.63, 3.8) is 0 Å². The number of oxazole rings is 2. The van der Waals surface area contributed by atoms with Crippen LogP contribution in [-0.4, -0.2) is 73.9 Å². The topological polar surface area (TPSA) is 170 Å². The fourth-order valence-corrected chi connectivity index (χ4v) is 8.58. The zero-order chi connectivity index (χ0) is 36.1. The highest BCUT2D eigenvalue weighted by molar-refractivity contribution is 6.04. The van der Waals surface area contributed by atoms with Crippen LogP contribution in [0.15, 0.2) is 50.2 Å². The number of amides is 2. The summed E-state index contributed by atoms with van der Waals surface area (Å²) in [5, 5.41) is 15.3. The Morgan fingerprint density at radius 1 is 1.04 bits per heavy atom. The van der Waals surface area contributed by atoms with Crippen LogP contribution in [0.1, 0.15) is 97.1 Å². The molecule has 3 N–H and O–H groups in total. The molecule has 1 aliphatic carbocycles. The molecule has 2 saturated heterocycles. The second kappa shape index (κ2) is 13.9. The largest absolute Gasteiger partial charge is 0.494 e. The second-order valence-corrected chi connectivity index (χ2v) is 14.6. The first kappa shape index (κ1) is 34.2. The Bertz CT molecular complexity index is 2180. The van der Waals surface area contributed by atoms with Gasteiger partial charge in [-0.25, -0.2) is 14.8 Å². The molecule has 0 radical (unpaired) electrons. The van der Waals surface area contributed by atoms with Crippen molar-refractivity contribution in [2.24, 2.45) is 13.0 Å². The Kier molecular flexibility index (Phi) is 9.12. The lowest BCUT2D eigenvalue weighted by Crippen LogP contribution is -2.46. The number of aromatic nitrogens is 4. The molecule has 0 spiro atoms. The molecule has 274 valence electrons. The van der Waals surface area contributed by atoms with Crippen LogP contribution in [0, 0.1) is 12.8 Å². The maximum absolute atomic E-state index is 13.4.